The second kappa shape index (κ2) is 4.47. The Morgan fingerprint density at radius 2 is 2.14 bits per heavy atom. The molecule has 0 heterocycles. The van der Waals surface area contributed by atoms with E-state index in [-0.39, 0.29) is 5.78 Å². The van der Waals surface area contributed by atoms with Gasteiger partial charge in [0.25, 0.3) is 0 Å². The molecule has 0 aliphatic carbocycles. The molecule has 0 unspecified atom stereocenters. The van der Waals surface area contributed by atoms with Gasteiger partial charge in [0.2, 0.25) is 0 Å². The normalized spacial score (nSPS) is 10.0. The van der Waals surface area contributed by atoms with Gasteiger partial charge in [0.1, 0.15) is 0 Å². The Balaban J connectivity index is 3.06. The van der Waals surface area contributed by atoms with Crippen LogP contribution in [0, 0.1) is 0 Å². The first-order valence-corrected chi connectivity index (χ1v) is 4.95. The van der Waals surface area contributed by atoms with Crippen LogP contribution in [-0.4, -0.2) is 19.4 Å². The van der Waals surface area contributed by atoms with Crippen molar-refractivity contribution in [2.45, 2.75) is 13.8 Å². The molecule has 0 aliphatic rings. The summed E-state index contributed by atoms with van der Waals surface area (Å²) in [4.78, 5) is 13.2. The molecule has 1 aromatic carbocycles. The van der Waals surface area contributed by atoms with Crippen LogP contribution in [0.15, 0.2) is 18.2 Å². The van der Waals surface area contributed by atoms with Gasteiger partial charge in [-0.1, -0.05) is 11.6 Å². The molecular weight excluding hydrogens is 198 g/mol. The number of nitrogens with zero attached hydrogens (tertiary/aromatic N) is 1. The number of Topliss-reactive ketones (excluding diaryl/α,β-unsaturated/α-hetero) is 1. The summed E-state index contributed by atoms with van der Waals surface area (Å²) in [6.07, 6.45) is 0. The molecule has 3 heteroatoms. The minimum atomic E-state index is 0.000650. The lowest BCUT2D eigenvalue weighted by Crippen LogP contribution is -2.15. The van der Waals surface area contributed by atoms with Gasteiger partial charge in [-0.25, -0.2) is 0 Å². The van der Waals surface area contributed by atoms with Crippen LogP contribution in [0.2, 0.25) is 5.02 Å². The van der Waals surface area contributed by atoms with Gasteiger partial charge >= 0.3 is 0 Å². The molecule has 0 saturated heterocycles. The number of carbonyl (C=O) groups is 1. The Hall–Kier alpha value is -1.02. The van der Waals surface area contributed by atoms with Gasteiger partial charge in [-0.3, -0.25) is 4.79 Å². The van der Waals surface area contributed by atoms with Crippen molar-refractivity contribution in [2.75, 3.05) is 18.5 Å². The third-order valence-electron chi connectivity index (χ3n) is 2.25. The van der Waals surface area contributed by atoms with Crippen molar-refractivity contribution in [2.24, 2.45) is 0 Å². The standard InChI is InChI=1S/C11H14ClNO/c1-4-13(3)9-5-6-10(8(2)14)11(12)7-9/h5-7H,4H2,1-3H3. The topological polar surface area (TPSA) is 20.3 Å². The smallest absolute Gasteiger partial charge is 0.161 e. The maximum absolute atomic E-state index is 11.1. The number of ketones is 1. The van der Waals surface area contributed by atoms with E-state index in [0.717, 1.165) is 12.2 Å². The van der Waals surface area contributed by atoms with Gasteiger partial charge in [-0.15, -0.1) is 0 Å². The van der Waals surface area contributed by atoms with E-state index < -0.39 is 0 Å². The molecule has 1 aromatic rings. The fraction of sp³-hybridized carbons (Fsp3) is 0.364. The lowest BCUT2D eigenvalue weighted by atomic mass is 10.1. The summed E-state index contributed by atoms with van der Waals surface area (Å²) >= 11 is 5.98. The van der Waals surface area contributed by atoms with E-state index in [1.807, 2.05) is 19.2 Å². The predicted molar refractivity (Wildman–Crippen MR) is 60.4 cm³/mol. The lowest BCUT2D eigenvalue weighted by molar-refractivity contribution is 0.101. The first-order valence-electron chi connectivity index (χ1n) is 4.58. The average Bonchev–Trinajstić information content (AvgIpc) is 2.15. The largest absolute Gasteiger partial charge is 0.375 e. The van der Waals surface area contributed by atoms with Crippen LogP contribution in [0.25, 0.3) is 0 Å². The quantitative estimate of drug-likeness (QED) is 0.717. The van der Waals surface area contributed by atoms with Crippen LogP contribution >= 0.6 is 11.6 Å². The van der Waals surface area contributed by atoms with Gasteiger partial charge in [-0.2, -0.15) is 0 Å². The number of rotatable bonds is 3. The molecule has 1 rings (SSSR count). The molecule has 0 aliphatic heterocycles. The van der Waals surface area contributed by atoms with Crippen LogP contribution < -0.4 is 4.90 Å². The highest BCUT2D eigenvalue weighted by atomic mass is 35.5. The Labute approximate surface area is 89.5 Å². The first-order chi connectivity index (χ1) is 6.56. The maximum atomic E-state index is 11.1. The van der Waals surface area contributed by atoms with Crippen LogP contribution in [0.4, 0.5) is 5.69 Å². The SMILES string of the molecule is CCN(C)c1ccc(C(C)=O)c(Cl)c1. The van der Waals surface area contributed by atoms with Gasteiger partial charge in [-0.05, 0) is 32.0 Å². The second-order valence-corrected chi connectivity index (χ2v) is 3.64. The minimum Gasteiger partial charge on any atom is -0.375 e. The van der Waals surface area contributed by atoms with Gasteiger partial charge in [0, 0.05) is 24.8 Å². The lowest BCUT2D eigenvalue weighted by Gasteiger charge is -2.17. The number of halogens is 1. The van der Waals surface area contributed by atoms with E-state index in [1.165, 1.54) is 6.92 Å². The van der Waals surface area contributed by atoms with Crippen molar-refractivity contribution in [1.29, 1.82) is 0 Å². The third-order valence-corrected chi connectivity index (χ3v) is 2.56. The molecule has 2 nitrogen and oxygen atoms in total. The predicted octanol–water partition coefficient (Wildman–Crippen LogP) is 3.00. The zero-order valence-corrected chi connectivity index (χ0v) is 9.43. The maximum Gasteiger partial charge on any atom is 0.161 e. The average molecular weight is 212 g/mol. The third kappa shape index (κ3) is 2.26. The van der Waals surface area contributed by atoms with Crippen LogP contribution in [0.3, 0.4) is 0 Å². The summed E-state index contributed by atoms with van der Waals surface area (Å²) in [7, 11) is 1.99. The Morgan fingerprint density at radius 1 is 1.50 bits per heavy atom. The summed E-state index contributed by atoms with van der Waals surface area (Å²) in [6, 6.07) is 5.50. The molecule has 0 aromatic heterocycles. The van der Waals surface area contributed by atoms with Crippen LogP contribution in [-0.2, 0) is 0 Å². The summed E-state index contributed by atoms with van der Waals surface area (Å²) < 4.78 is 0. The molecular formula is C11H14ClNO. The zero-order chi connectivity index (χ0) is 10.7. The fourth-order valence-corrected chi connectivity index (χ4v) is 1.52. The van der Waals surface area contributed by atoms with E-state index in [2.05, 4.69) is 11.8 Å². The van der Waals surface area contributed by atoms with Crippen molar-refractivity contribution in [3.63, 3.8) is 0 Å². The number of benzene rings is 1. The molecule has 14 heavy (non-hydrogen) atoms. The Bertz CT molecular complexity index is 349. The van der Waals surface area contributed by atoms with Gasteiger partial charge < -0.3 is 4.90 Å². The highest BCUT2D eigenvalue weighted by molar-refractivity contribution is 6.34. The van der Waals surface area contributed by atoms with Crippen LogP contribution in [0.1, 0.15) is 24.2 Å². The number of anilines is 1. The van der Waals surface area contributed by atoms with Crippen molar-refractivity contribution in [3.05, 3.63) is 28.8 Å². The van der Waals surface area contributed by atoms with E-state index in [4.69, 9.17) is 11.6 Å². The zero-order valence-electron chi connectivity index (χ0n) is 8.67. The summed E-state index contributed by atoms with van der Waals surface area (Å²) in [5, 5.41) is 0.523. The van der Waals surface area contributed by atoms with Crippen LogP contribution in [0.5, 0.6) is 0 Å². The molecule has 0 saturated carbocycles. The minimum absolute atomic E-state index is 0.000650. The Morgan fingerprint density at radius 3 is 2.57 bits per heavy atom. The second-order valence-electron chi connectivity index (χ2n) is 3.23. The Kier molecular flexibility index (Phi) is 3.53. The van der Waals surface area contributed by atoms with Gasteiger partial charge in [0.05, 0.1) is 5.02 Å². The van der Waals surface area contributed by atoms with E-state index in [1.54, 1.807) is 6.07 Å². The van der Waals surface area contributed by atoms with E-state index >= 15 is 0 Å². The fourth-order valence-electron chi connectivity index (χ4n) is 1.21. The van der Waals surface area contributed by atoms with Crippen molar-refractivity contribution in [1.82, 2.24) is 0 Å². The van der Waals surface area contributed by atoms with E-state index in [9.17, 15) is 4.79 Å². The molecule has 0 amide bonds. The first kappa shape index (κ1) is 11.1. The summed E-state index contributed by atoms with van der Waals surface area (Å²) in [5.74, 6) is 0.000650. The number of hydrogen-bond donors (Lipinski definition) is 0. The molecule has 76 valence electrons. The highest BCUT2D eigenvalue weighted by Crippen LogP contribution is 2.23. The summed E-state index contributed by atoms with van der Waals surface area (Å²) in [6.45, 7) is 4.49. The monoisotopic (exact) mass is 211 g/mol. The molecule has 0 N–H and O–H groups in total. The van der Waals surface area contributed by atoms with Crippen molar-refractivity contribution < 1.29 is 4.79 Å². The molecule has 0 bridgehead atoms. The van der Waals surface area contributed by atoms with E-state index in [0.29, 0.717) is 10.6 Å². The highest BCUT2D eigenvalue weighted by Gasteiger charge is 2.07. The molecule has 0 spiro atoms. The molecule has 0 fully saturated rings. The van der Waals surface area contributed by atoms with Crippen molar-refractivity contribution >= 4 is 23.1 Å². The number of carbonyl (C=O) groups excluding carboxylic acids is 1. The van der Waals surface area contributed by atoms with Gasteiger partial charge in [0.15, 0.2) is 5.78 Å². The molecule has 0 atom stereocenters. The molecule has 0 radical (unpaired) electrons. The van der Waals surface area contributed by atoms with Crippen molar-refractivity contribution in [3.8, 4) is 0 Å². The number of hydrogen-bond acceptors (Lipinski definition) is 2. The summed E-state index contributed by atoms with van der Waals surface area (Å²) in [5.41, 5.74) is 1.61.